The van der Waals surface area contributed by atoms with Gasteiger partial charge >= 0.3 is 0 Å². The van der Waals surface area contributed by atoms with Gasteiger partial charge in [0.15, 0.2) is 0 Å². The lowest BCUT2D eigenvalue weighted by Gasteiger charge is -2.08. The molecule has 1 heterocycles. The number of anilines is 1. The molecule has 0 saturated carbocycles. The van der Waals surface area contributed by atoms with Crippen molar-refractivity contribution in [2.75, 3.05) is 11.9 Å². The summed E-state index contributed by atoms with van der Waals surface area (Å²) in [4.78, 5) is 38.7. The number of hydrogen-bond acceptors (Lipinski definition) is 4. The summed E-state index contributed by atoms with van der Waals surface area (Å²) in [6.45, 7) is 0.0356. The molecule has 2 aromatic rings. The summed E-state index contributed by atoms with van der Waals surface area (Å²) in [5, 5.41) is 4.97. The average molecular weight is 365 g/mol. The highest BCUT2D eigenvalue weighted by Crippen LogP contribution is 2.16. The predicted octanol–water partition coefficient (Wildman–Crippen LogP) is 1.73. The molecule has 130 valence electrons. The largest absolute Gasteiger partial charge is 0.364 e. The smallest absolute Gasteiger partial charge is 0.267 e. The predicted molar refractivity (Wildman–Crippen MR) is 89.7 cm³/mol. The molecule has 0 bridgehead atoms. The van der Waals surface area contributed by atoms with Gasteiger partial charge < -0.3 is 16.4 Å². The monoisotopic (exact) mass is 364 g/mol. The van der Waals surface area contributed by atoms with Gasteiger partial charge in [-0.15, -0.1) is 0 Å². The van der Waals surface area contributed by atoms with Crippen LogP contribution in [0.4, 0.5) is 10.2 Å². The van der Waals surface area contributed by atoms with Crippen molar-refractivity contribution < 1.29 is 18.8 Å². The van der Waals surface area contributed by atoms with Crippen molar-refractivity contribution in [2.24, 2.45) is 5.73 Å². The molecule has 1 aromatic heterocycles. The fourth-order valence-electron chi connectivity index (χ4n) is 1.91. The third-order valence-corrected chi connectivity index (χ3v) is 3.40. The van der Waals surface area contributed by atoms with Gasteiger partial charge in [-0.2, -0.15) is 0 Å². The summed E-state index contributed by atoms with van der Waals surface area (Å²) in [5.41, 5.74) is 5.24. The standard InChI is InChI=1S/C16H14ClFN4O3/c17-11-8-9(18)4-5-10(11)16(25)20-7-6-14(23)22-13-3-1-2-12(21-13)15(19)24/h1-5,8H,6-7H2,(H2,19,24)(H,20,25)(H,21,22,23). The lowest BCUT2D eigenvalue weighted by molar-refractivity contribution is -0.116. The van der Waals surface area contributed by atoms with E-state index in [2.05, 4.69) is 15.6 Å². The molecule has 0 radical (unpaired) electrons. The van der Waals surface area contributed by atoms with Crippen molar-refractivity contribution in [3.63, 3.8) is 0 Å². The second-order valence-corrected chi connectivity index (χ2v) is 5.36. The normalized spacial score (nSPS) is 10.2. The number of aromatic nitrogens is 1. The Bertz CT molecular complexity index is 829. The molecular formula is C16H14ClFN4O3. The molecule has 1 aromatic carbocycles. The molecule has 0 aliphatic carbocycles. The topological polar surface area (TPSA) is 114 Å². The number of amides is 3. The molecule has 3 amide bonds. The molecule has 0 saturated heterocycles. The van der Waals surface area contributed by atoms with Gasteiger partial charge in [0.05, 0.1) is 10.6 Å². The average Bonchev–Trinajstić information content (AvgIpc) is 2.54. The fourth-order valence-corrected chi connectivity index (χ4v) is 2.16. The quantitative estimate of drug-likeness (QED) is 0.724. The van der Waals surface area contributed by atoms with Gasteiger partial charge in [0.1, 0.15) is 17.3 Å². The van der Waals surface area contributed by atoms with Crippen LogP contribution >= 0.6 is 11.6 Å². The molecule has 25 heavy (non-hydrogen) atoms. The molecule has 0 atom stereocenters. The molecule has 0 aliphatic rings. The van der Waals surface area contributed by atoms with Crippen molar-refractivity contribution in [1.29, 1.82) is 0 Å². The number of nitrogens with two attached hydrogens (primary N) is 1. The first kappa shape index (κ1) is 18.3. The Balaban J connectivity index is 1.85. The zero-order valence-electron chi connectivity index (χ0n) is 12.9. The van der Waals surface area contributed by atoms with E-state index in [1.165, 1.54) is 24.3 Å². The van der Waals surface area contributed by atoms with Crippen LogP contribution in [0.5, 0.6) is 0 Å². The van der Waals surface area contributed by atoms with Gasteiger partial charge in [0.2, 0.25) is 5.91 Å². The van der Waals surface area contributed by atoms with E-state index in [-0.39, 0.29) is 35.1 Å². The second-order valence-electron chi connectivity index (χ2n) is 4.95. The lowest BCUT2D eigenvalue weighted by atomic mass is 10.2. The first-order valence-corrected chi connectivity index (χ1v) is 7.54. The van der Waals surface area contributed by atoms with Gasteiger partial charge in [0, 0.05) is 13.0 Å². The third kappa shape index (κ3) is 5.25. The molecular weight excluding hydrogens is 351 g/mol. The Hall–Kier alpha value is -3.00. The van der Waals surface area contributed by atoms with Crippen LogP contribution < -0.4 is 16.4 Å². The van der Waals surface area contributed by atoms with Crippen LogP contribution in [0.2, 0.25) is 5.02 Å². The highest BCUT2D eigenvalue weighted by molar-refractivity contribution is 6.33. The SMILES string of the molecule is NC(=O)c1cccc(NC(=O)CCNC(=O)c2ccc(F)cc2Cl)n1. The fraction of sp³-hybridized carbons (Fsp3) is 0.125. The Kier molecular flexibility index (Phi) is 6.02. The number of pyridine rings is 1. The maximum Gasteiger partial charge on any atom is 0.267 e. The highest BCUT2D eigenvalue weighted by atomic mass is 35.5. The van der Waals surface area contributed by atoms with Crippen molar-refractivity contribution in [1.82, 2.24) is 10.3 Å². The van der Waals surface area contributed by atoms with Crippen molar-refractivity contribution >= 4 is 35.1 Å². The maximum absolute atomic E-state index is 13.0. The molecule has 4 N–H and O–H groups in total. The van der Waals surface area contributed by atoms with Crippen LogP contribution in [0.3, 0.4) is 0 Å². The van der Waals surface area contributed by atoms with Crippen molar-refractivity contribution in [2.45, 2.75) is 6.42 Å². The minimum atomic E-state index is -0.709. The number of rotatable bonds is 6. The molecule has 0 fully saturated rings. The van der Waals surface area contributed by atoms with E-state index in [1.54, 1.807) is 0 Å². The van der Waals surface area contributed by atoms with E-state index in [4.69, 9.17) is 17.3 Å². The molecule has 0 aliphatic heterocycles. The minimum Gasteiger partial charge on any atom is -0.364 e. The third-order valence-electron chi connectivity index (χ3n) is 3.08. The number of hydrogen-bond donors (Lipinski definition) is 3. The first-order chi connectivity index (χ1) is 11.9. The molecule has 2 rings (SSSR count). The van der Waals surface area contributed by atoms with Crippen molar-refractivity contribution in [3.05, 3.63) is 58.5 Å². The minimum absolute atomic E-state index is 0.0191. The van der Waals surface area contributed by atoms with Crippen molar-refractivity contribution in [3.8, 4) is 0 Å². The number of benzene rings is 1. The number of nitrogens with one attached hydrogen (secondary N) is 2. The number of carbonyl (C=O) groups is 3. The van der Waals surface area contributed by atoms with Crippen LogP contribution in [-0.2, 0) is 4.79 Å². The summed E-state index contributed by atoms with van der Waals surface area (Å²) in [6.07, 6.45) is -0.0347. The Morgan fingerprint density at radius 2 is 1.96 bits per heavy atom. The van der Waals surface area contributed by atoms with Gasteiger partial charge in [0.25, 0.3) is 11.8 Å². The zero-order valence-corrected chi connectivity index (χ0v) is 13.6. The Labute approximate surface area is 147 Å². The first-order valence-electron chi connectivity index (χ1n) is 7.17. The number of nitrogens with zero attached hydrogens (tertiary/aromatic N) is 1. The summed E-state index contributed by atoms with van der Waals surface area (Å²) in [5.74, 6) is -2.02. The van der Waals surface area contributed by atoms with E-state index < -0.39 is 23.5 Å². The molecule has 7 nitrogen and oxygen atoms in total. The van der Waals surface area contributed by atoms with Crippen LogP contribution in [-0.4, -0.2) is 29.3 Å². The Morgan fingerprint density at radius 1 is 1.20 bits per heavy atom. The summed E-state index contributed by atoms with van der Waals surface area (Å²) >= 11 is 5.79. The number of primary amides is 1. The van der Waals surface area contributed by atoms with E-state index in [0.717, 1.165) is 12.1 Å². The molecule has 0 unspecified atom stereocenters. The number of halogens is 2. The van der Waals surface area contributed by atoms with E-state index in [9.17, 15) is 18.8 Å². The van der Waals surface area contributed by atoms with Crippen LogP contribution in [0.25, 0.3) is 0 Å². The number of carbonyl (C=O) groups excluding carboxylic acids is 3. The lowest BCUT2D eigenvalue weighted by Crippen LogP contribution is -2.28. The van der Waals surface area contributed by atoms with Crippen LogP contribution in [0.15, 0.2) is 36.4 Å². The summed E-state index contributed by atoms with van der Waals surface area (Å²) in [6, 6.07) is 7.85. The van der Waals surface area contributed by atoms with Crippen LogP contribution in [0.1, 0.15) is 27.3 Å². The second kappa shape index (κ2) is 8.20. The van der Waals surface area contributed by atoms with E-state index in [1.807, 2.05) is 0 Å². The van der Waals surface area contributed by atoms with Crippen LogP contribution in [0, 0.1) is 5.82 Å². The summed E-state index contributed by atoms with van der Waals surface area (Å²) in [7, 11) is 0. The molecule has 0 spiro atoms. The summed E-state index contributed by atoms with van der Waals surface area (Å²) < 4.78 is 13.0. The highest BCUT2D eigenvalue weighted by Gasteiger charge is 2.12. The van der Waals surface area contributed by atoms with Gasteiger partial charge in [-0.3, -0.25) is 14.4 Å². The van der Waals surface area contributed by atoms with Gasteiger partial charge in [-0.1, -0.05) is 17.7 Å². The molecule has 9 heteroatoms. The van der Waals surface area contributed by atoms with Gasteiger partial charge in [-0.25, -0.2) is 9.37 Å². The van der Waals surface area contributed by atoms with E-state index in [0.29, 0.717) is 0 Å². The maximum atomic E-state index is 13.0. The van der Waals surface area contributed by atoms with Gasteiger partial charge in [-0.05, 0) is 30.3 Å². The Morgan fingerprint density at radius 3 is 2.64 bits per heavy atom. The zero-order chi connectivity index (χ0) is 18.4. The van der Waals surface area contributed by atoms with E-state index >= 15 is 0 Å².